The summed E-state index contributed by atoms with van der Waals surface area (Å²) in [5.74, 6) is -0.231. The van der Waals surface area contributed by atoms with Crippen LogP contribution in [0.1, 0.15) is 18.5 Å². The molecule has 3 rings (SSSR count). The molecule has 0 unspecified atom stereocenters. The molecule has 0 aliphatic carbocycles. The first-order chi connectivity index (χ1) is 10.2. The van der Waals surface area contributed by atoms with Crippen molar-refractivity contribution in [2.24, 2.45) is 5.73 Å². The van der Waals surface area contributed by atoms with E-state index in [0.29, 0.717) is 6.54 Å². The van der Waals surface area contributed by atoms with E-state index < -0.39 is 0 Å². The largest absolute Gasteiger partial charge is 0.368 e. The maximum atomic E-state index is 11.4. The van der Waals surface area contributed by atoms with Crippen LogP contribution in [-0.2, 0) is 11.3 Å². The summed E-state index contributed by atoms with van der Waals surface area (Å²) in [5, 5.41) is 6.18. The number of aromatic nitrogens is 1. The normalized spacial score (nSPS) is 18.8. The zero-order chi connectivity index (χ0) is 14.7. The van der Waals surface area contributed by atoms with Crippen molar-refractivity contribution in [3.8, 4) is 0 Å². The van der Waals surface area contributed by atoms with Gasteiger partial charge in [0.05, 0.1) is 11.7 Å². The van der Waals surface area contributed by atoms with Gasteiger partial charge in [-0.15, -0.1) is 11.3 Å². The predicted octanol–water partition coefficient (Wildman–Crippen LogP) is 2.34. The third-order valence-corrected chi connectivity index (χ3v) is 4.44. The number of amides is 1. The molecule has 0 radical (unpaired) electrons. The van der Waals surface area contributed by atoms with Gasteiger partial charge in [0.1, 0.15) is 0 Å². The molecule has 1 fully saturated rings. The number of likely N-dealkylation sites (tertiary alicyclic amines) is 1. The Labute approximate surface area is 127 Å². The fourth-order valence-corrected chi connectivity index (χ4v) is 3.35. The number of nitrogens with zero attached hydrogens (tertiary/aromatic N) is 2. The number of rotatable bonds is 5. The van der Waals surface area contributed by atoms with Crippen LogP contribution in [0.2, 0.25) is 0 Å². The first kappa shape index (κ1) is 14.0. The van der Waals surface area contributed by atoms with Crippen LogP contribution in [0.15, 0.2) is 35.7 Å². The molecule has 3 N–H and O–H groups in total. The van der Waals surface area contributed by atoms with Crippen LogP contribution in [0, 0.1) is 0 Å². The number of primary amides is 1. The van der Waals surface area contributed by atoms with Gasteiger partial charge in [-0.1, -0.05) is 18.2 Å². The Morgan fingerprint density at radius 3 is 3.00 bits per heavy atom. The topological polar surface area (TPSA) is 71.2 Å². The van der Waals surface area contributed by atoms with E-state index in [2.05, 4.69) is 15.2 Å². The lowest BCUT2D eigenvalue weighted by atomic mass is 10.2. The summed E-state index contributed by atoms with van der Waals surface area (Å²) in [6, 6.07) is 9.82. The molecule has 5 nitrogen and oxygen atoms in total. The van der Waals surface area contributed by atoms with Gasteiger partial charge in [0, 0.05) is 17.6 Å². The van der Waals surface area contributed by atoms with Crippen molar-refractivity contribution in [1.29, 1.82) is 0 Å². The molecule has 1 saturated heterocycles. The molecule has 1 atom stereocenters. The smallest absolute Gasteiger partial charge is 0.234 e. The fraction of sp³-hybridized carbons (Fsp3) is 0.333. The molecule has 0 saturated carbocycles. The van der Waals surface area contributed by atoms with Gasteiger partial charge in [-0.25, -0.2) is 4.98 Å². The number of nitrogens with two attached hydrogens (primary N) is 1. The van der Waals surface area contributed by atoms with Crippen LogP contribution >= 0.6 is 11.3 Å². The number of para-hydroxylation sites is 1. The molecular formula is C15H18N4OS. The minimum absolute atomic E-state index is 0.141. The third kappa shape index (κ3) is 3.40. The number of anilines is 2. The van der Waals surface area contributed by atoms with Gasteiger partial charge in [0.15, 0.2) is 5.13 Å². The maximum absolute atomic E-state index is 11.4. The van der Waals surface area contributed by atoms with Crippen LogP contribution in [0.5, 0.6) is 0 Å². The van der Waals surface area contributed by atoms with Gasteiger partial charge >= 0.3 is 0 Å². The summed E-state index contributed by atoms with van der Waals surface area (Å²) in [5.41, 5.74) is 7.44. The lowest BCUT2D eigenvalue weighted by Crippen LogP contribution is -2.39. The zero-order valence-electron chi connectivity index (χ0n) is 11.7. The van der Waals surface area contributed by atoms with Crippen LogP contribution in [-0.4, -0.2) is 28.4 Å². The van der Waals surface area contributed by atoms with Crippen molar-refractivity contribution in [1.82, 2.24) is 9.88 Å². The minimum atomic E-state index is -0.231. The zero-order valence-corrected chi connectivity index (χ0v) is 12.5. The van der Waals surface area contributed by atoms with E-state index in [1.165, 1.54) is 0 Å². The minimum Gasteiger partial charge on any atom is -0.368 e. The highest BCUT2D eigenvalue weighted by Crippen LogP contribution is 2.24. The summed E-state index contributed by atoms with van der Waals surface area (Å²) in [6.45, 7) is 1.59. The van der Waals surface area contributed by atoms with Crippen molar-refractivity contribution in [3.63, 3.8) is 0 Å². The molecule has 0 spiro atoms. The molecule has 21 heavy (non-hydrogen) atoms. The number of thiazole rings is 1. The SMILES string of the molecule is NC(=O)[C@H]1CCCN1Cc1csc(Nc2ccccc2)n1. The van der Waals surface area contributed by atoms with Crippen molar-refractivity contribution >= 4 is 28.1 Å². The molecule has 1 amide bonds. The lowest BCUT2D eigenvalue weighted by Gasteiger charge is -2.20. The van der Waals surface area contributed by atoms with E-state index in [1.807, 2.05) is 35.7 Å². The highest BCUT2D eigenvalue weighted by Gasteiger charge is 2.29. The molecule has 1 aromatic heterocycles. The Hall–Kier alpha value is -1.92. The predicted molar refractivity (Wildman–Crippen MR) is 84.5 cm³/mol. The Morgan fingerprint density at radius 1 is 1.43 bits per heavy atom. The van der Waals surface area contributed by atoms with E-state index >= 15 is 0 Å². The number of carbonyl (C=O) groups is 1. The molecule has 0 bridgehead atoms. The average Bonchev–Trinajstić information content (AvgIpc) is 3.10. The quantitative estimate of drug-likeness (QED) is 0.889. The summed E-state index contributed by atoms with van der Waals surface area (Å²) >= 11 is 1.57. The number of nitrogens with one attached hydrogen (secondary N) is 1. The number of carbonyl (C=O) groups excluding carboxylic acids is 1. The van der Waals surface area contributed by atoms with E-state index in [4.69, 9.17) is 5.73 Å². The molecule has 1 aliphatic heterocycles. The molecule has 6 heteroatoms. The molecule has 110 valence electrons. The summed E-state index contributed by atoms with van der Waals surface area (Å²) < 4.78 is 0. The van der Waals surface area contributed by atoms with Crippen LogP contribution < -0.4 is 11.1 Å². The van der Waals surface area contributed by atoms with E-state index in [-0.39, 0.29) is 11.9 Å². The van der Waals surface area contributed by atoms with Crippen molar-refractivity contribution < 1.29 is 4.79 Å². The van der Waals surface area contributed by atoms with Gasteiger partial charge in [-0.2, -0.15) is 0 Å². The van der Waals surface area contributed by atoms with Crippen LogP contribution in [0.4, 0.5) is 10.8 Å². The van der Waals surface area contributed by atoms with Gasteiger partial charge in [0.25, 0.3) is 0 Å². The number of benzene rings is 1. The van der Waals surface area contributed by atoms with E-state index in [9.17, 15) is 4.79 Å². The molecule has 2 heterocycles. The second-order valence-corrected chi connectivity index (χ2v) is 6.02. The van der Waals surface area contributed by atoms with Gasteiger partial charge in [-0.3, -0.25) is 9.69 Å². The standard InChI is InChI=1S/C15H18N4OS/c16-14(20)13-7-4-8-19(13)9-12-10-21-15(18-12)17-11-5-2-1-3-6-11/h1-3,5-6,10,13H,4,7-9H2,(H2,16,20)(H,17,18)/t13-/m1/s1. The Kier molecular flexibility index (Phi) is 4.17. The monoisotopic (exact) mass is 302 g/mol. The summed E-state index contributed by atoms with van der Waals surface area (Å²) in [4.78, 5) is 18.1. The molecule has 1 aromatic carbocycles. The highest BCUT2D eigenvalue weighted by atomic mass is 32.1. The molecule has 1 aliphatic rings. The van der Waals surface area contributed by atoms with E-state index in [0.717, 1.165) is 35.9 Å². The third-order valence-electron chi connectivity index (χ3n) is 3.63. The number of hydrogen-bond donors (Lipinski definition) is 2. The van der Waals surface area contributed by atoms with Crippen LogP contribution in [0.3, 0.4) is 0 Å². The van der Waals surface area contributed by atoms with Crippen LogP contribution in [0.25, 0.3) is 0 Å². The van der Waals surface area contributed by atoms with Gasteiger partial charge in [0.2, 0.25) is 5.91 Å². The molecular weight excluding hydrogens is 284 g/mol. The lowest BCUT2D eigenvalue weighted by molar-refractivity contribution is -0.122. The second kappa shape index (κ2) is 6.24. The molecule has 2 aromatic rings. The van der Waals surface area contributed by atoms with Crippen molar-refractivity contribution in [2.45, 2.75) is 25.4 Å². The van der Waals surface area contributed by atoms with Gasteiger partial charge < -0.3 is 11.1 Å². The first-order valence-electron chi connectivity index (χ1n) is 7.02. The Balaban J connectivity index is 1.64. The highest BCUT2D eigenvalue weighted by molar-refractivity contribution is 7.13. The summed E-state index contributed by atoms with van der Waals surface area (Å²) in [7, 11) is 0. The second-order valence-electron chi connectivity index (χ2n) is 5.17. The van der Waals surface area contributed by atoms with Gasteiger partial charge in [-0.05, 0) is 31.5 Å². The van der Waals surface area contributed by atoms with Crippen molar-refractivity contribution in [2.75, 3.05) is 11.9 Å². The Bertz CT molecular complexity index is 613. The average molecular weight is 302 g/mol. The number of hydrogen-bond acceptors (Lipinski definition) is 5. The maximum Gasteiger partial charge on any atom is 0.234 e. The Morgan fingerprint density at radius 2 is 2.24 bits per heavy atom. The first-order valence-corrected chi connectivity index (χ1v) is 7.90. The fourth-order valence-electron chi connectivity index (χ4n) is 2.63. The summed E-state index contributed by atoms with van der Waals surface area (Å²) in [6.07, 6.45) is 1.88. The van der Waals surface area contributed by atoms with E-state index in [1.54, 1.807) is 11.3 Å². The van der Waals surface area contributed by atoms with Crippen molar-refractivity contribution in [3.05, 3.63) is 41.4 Å².